The van der Waals surface area contributed by atoms with Crippen LogP contribution < -0.4 is 16.8 Å². The molecule has 0 fully saturated rings. The lowest BCUT2D eigenvalue weighted by molar-refractivity contribution is 1.13. The van der Waals surface area contributed by atoms with Crippen LogP contribution in [0.1, 0.15) is 27.7 Å². The van der Waals surface area contributed by atoms with Gasteiger partial charge in [-0.1, -0.05) is 26.0 Å². The van der Waals surface area contributed by atoms with Gasteiger partial charge >= 0.3 is 0 Å². The minimum Gasteiger partial charge on any atom is -0.397 e. The number of allylic oxidation sites excluding steroid dienone is 3. The Morgan fingerprint density at radius 2 is 1.86 bits per heavy atom. The van der Waals surface area contributed by atoms with Crippen molar-refractivity contribution in [3.8, 4) is 0 Å². The van der Waals surface area contributed by atoms with Crippen LogP contribution in [0.25, 0.3) is 0 Å². The van der Waals surface area contributed by atoms with Crippen molar-refractivity contribution in [1.82, 2.24) is 5.32 Å². The Morgan fingerprint density at radius 3 is 2.33 bits per heavy atom. The Labute approximate surface area is 138 Å². The molecule has 5 N–H and O–H groups in total. The molecule has 1 aromatic carbocycles. The number of nitrogen functional groups attached to an aromatic ring is 1. The summed E-state index contributed by atoms with van der Waals surface area (Å²) in [6.07, 6.45) is 5.69. The number of thiol groups is 2. The summed E-state index contributed by atoms with van der Waals surface area (Å²) in [5.74, 6) is 0.250. The Balaban J connectivity index is 0.00000191. The van der Waals surface area contributed by atoms with Gasteiger partial charge in [0.2, 0.25) is 0 Å². The van der Waals surface area contributed by atoms with Gasteiger partial charge in [0.05, 0.1) is 5.69 Å². The first-order chi connectivity index (χ1) is 9.97. The van der Waals surface area contributed by atoms with Crippen molar-refractivity contribution in [1.29, 1.82) is 0 Å². The van der Waals surface area contributed by atoms with Gasteiger partial charge in [0.15, 0.2) is 5.96 Å². The van der Waals surface area contributed by atoms with Crippen molar-refractivity contribution < 1.29 is 0 Å². The third kappa shape index (κ3) is 6.64. The summed E-state index contributed by atoms with van der Waals surface area (Å²) in [6, 6.07) is 3.47. The lowest BCUT2D eigenvalue weighted by Gasteiger charge is -2.09. The Hall–Kier alpha value is -1.53. The zero-order valence-corrected chi connectivity index (χ0v) is 14.7. The van der Waals surface area contributed by atoms with E-state index in [2.05, 4.69) is 35.6 Å². The van der Waals surface area contributed by atoms with Crippen molar-refractivity contribution in [2.24, 2.45) is 10.7 Å². The number of anilines is 1. The molecule has 0 heterocycles. The van der Waals surface area contributed by atoms with E-state index in [4.69, 9.17) is 11.5 Å². The Bertz CT molecular complexity index is 526. The summed E-state index contributed by atoms with van der Waals surface area (Å²) in [6.45, 7) is 7.83. The summed E-state index contributed by atoms with van der Waals surface area (Å²) in [7, 11) is 0. The summed E-state index contributed by atoms with van der Waals surface area (Å²) < 4.78 is 0. The summed E-state index contributed by atoms with van der Waals surface area (Å²) in [4.78, 5) is 5.60. The van der Waals surface area contributed by atoms with Crippen molar-refractivity contribution in [2.45, 2.75) is 37.5 Å². The topological polar surface area (TPSA) is 76.4 Å². The third-order valence-corrected chi connectivity index (χ3v) is 2.87. The molecular formula is C15H24N4S2. The molecule has 0 amide bonds. The van der Waals surface area contributed by atoms with Gasteiger partial charge < -0.3 is 16.8 Å². The molecule has 0 aliphatic carbocycles. The van der Waals surface area contributed by atoms with Gasteiger partial charge in [0.1, 0.15) is 5.69 Å². The molecule has 4 nitrogen and oxygen atoms in total. The van der Waals surface area contributed by atoms with Crippen LogP contribution in [0.4, 0.5) is 11.4 Å². The van der Waals surface area contributed by atoms with E-state index in [1.807, 2.05) is 45.9 Å². The molecule has 0 aliphatic rings. The van der Waals surface area contributed by atoms with Crippen molar-refractivity contribution in [3.63, 3.8) is 0 Å². The molecule has 0 bridgehead atoms. The van der Waals surface area contributed by atoms with Gasteiger partial charge in [0, 0.05) is 15.5 Å². The highest BCUT2D eigenvalue weighted by Gasteiger charge is 2.05. The number of rotatable bonds is 3. The highest BCUT2D eigenvalue weighted by molar-refractivity contribution is 7.81. The zero-order chi connectivity index (χ0) is 16.4. The number of hydrogen-bond acceptors (Lipinski definition) is 4. The van der Waals surface area contributed by atoms with Crippen LogP contribution in [0.15, 0.2) is 50.8 Å². The molecule has 0 aliphatic heterocycles. The van der Waals surface area contributed by atoms with E-state index in [-0.39, 0.29) is 5.96 Å². The molecule has 21 heavy (non-hydrogen) atoms. The minimum absolute atomic E-state index is 0.250. The minimum atomic E-state index is 0.250. The second-order valence-corrected chi connectivity index (χ2v) is 4.77. The number of nitrogens with zero attached hydrogens (tertiary/aromatic N) is 1. The summed E-state index contributed by atoms with van der Waals surface area (Å²) in [5, 5.41) is 2.98. The second kappa shape index (κ2) is 10.2. The Kier molecular flexibility index (Phi) is 9.49. The number of nitrogens with two attached hydrogens (primary N) is 2. The first-order valence-electron chi connectivity index (χ1n) is 6.69. The summed E-state index contributed by atoms with van der Waals surface area (Å²) in [5.41, 5.74) is 13.6. The maximum atomic E-state index is 5.88. The zero-order valence-electron chi connectivity index (χ0n) is 12.9. The highest BCUT2D eigenvalue weighted by atomic mass is 32.1. The molecule has 0 atom stereocenters. The van der Waals surface area contributed by atoms with E-state index < -0.39 is 0 Å². The van der Waals surface area contributed by atoms with Gasteiger partial charge in [0.25, 0.3) is 0 Å². The maximum absolute atomic E-state index is 5.88. The van der Waals surface area contributed by atoms with E-state index in [0.717, 1.165) is 10.6 Å². The molecule has 116 valence electrons. The van der Waals surface area contributed by atoms with Gasteiger partial charge in [-0.3, -0.25) is 0 Å². The van der Waals surface area contributed by atoms with E-state index >= 15 is 0 Å². The normalized spacial score (nSPS) is 12.1. The standard InChI is InChI=1S/C13H18N4S2.C2H6/c1-3-5-8(4-2)16-13(15)17-12-10(14)6-9(18)7-11(12)19;1-2/h3-7,18-19H,14H2,1-2H3,(H3,15,16,17);1-2H3/b5-3-,8-4+;. The number of benzene rings is 1. The average molecular weight is 325 g/mol. The monoisotopic (exact) mass is 324 g/mol. The molecule has 0 unspecified atom stereocenters. The van der Waals surface area contributed by atoms with Crippen molar-refractivity contribution >= 4 is 42.6 Å². The second-order valence-electron chi connectivity index (χ2n) is 3.77. The van der Waals surface area contributed by atoms with Crippen molar-refractivity contribution in [3.05, 3.63) is 36.1 Å². The fraction of sp³-hybridized carbons (Fsp3) is 0.267. The molecule has 0 spiro atoms. The smallest absolute Gasteiger partial charge is 0.198 e. The van der Waals surface area contributed by atoms with Gasteiger partial charge in [-0.25, -0.2) is 4.99 Å². The molecule has 0 aromatic heterocycles. The SMILES string of the molecule is C/C=C\C(=C/C)NC(N)=Nc1c(N)cc(S)cc1S.CC. The van der Waals surface area contributed by atoms with E-state index in [0.29, 0.717) is 16.3 Å². The van der Waals surface area contributed by atoms with Crippen molar-refractivity contribution in [2.75, 3.05) is 5.73 Å². The first-order valence-corrected chi connectivity index (χ1v) is 7.59. The average Bonchev–Trinajstić information content (AvgIpc) is 2.44. The lowest BCUT2D eigenvalue weighted by Crippen LogP contribution is -2.30. The number of guanidine groups is 1. The highest BCUT2D eigenvalue weighted by Crippen LogP contribution is 2.32. The van der Waals surface area contributed by atoms with Gasteiger partial charge in [-0.2, -0.15) is 0 Å². The maximum Gasteiger partial charge on any atom is 0.198 e. The fourth-order valence-corrected chi connectivity index (χ4v) is 2.12. The van der Waals surface area contributed by atoms with Crippen LogP contribution in [-0.4, -0.2) is 5.96 Å². The van der Waals surface area contributed by atoms with E-state index in [1.165, 1.54) is 0 Å². The predicted octanol–water partition coefficient (Wildman–Crippen LogP) is 3.89. The molecule has 0 radical (unpaired) electrons. The summed E-state index contributed by atoms with van der Waals surface area (Å²) >= 11 is 8.54. The van der Waals surface area contributed by atoms with Gasteiger partial charge in [-0.05, 0) is 32.1 Å². The van der Waals surface area contributed by atoms with Gasteiger partial charge in [-0.15, -0.1) is 25.3 Å². The lowest BCUT2D eigenvalue weighted by atomic mass is 10.3. The van der Waals surface area contributed by atoms with Crippen LogP contribution in [0.5, 0.6) is 0 Å². The number of nitrogens with one attached hydrogen (secondary N) is 1. The molecule has 0 saturated carbocycles. The molecule has 6 heteroatoms. The van der Waals surface area contributed by atoms with E-state index in [9.17, 15) is 0 Å². The molecule has 1 aromatic rings. The molecule has 1 rings (SSSR count). The first kappa shape index (κ1) is 19.5. The van der Waals surface area contributed by atoms with Crippen LogP contribution in [0.2, 0.25) is 0 Å². The molecule has 0 saturated heterocycles. The fourth-order valence-electron chi connectivity index (χ4n) is 1.43. The number of aliphatic imine (C=N–C) groups is 1. The predicted molar refractivity (Wildman–Crippen MR) is 99.7 cm³/mol. The number of hydrogen-bond donors (Lipinski definition) is 5. The quantitative estimate of drug-likeness (QED) is 0.192. The van der Waals surface area contributed by atoms with E-state index in [1.54, 1.807) is 12.1 Å². The third-order valence-electron chi connectivity index (χ3n) is 2.27. The van der Waals surface area contributed by atoms with Crippen LogP contribution in [0.3, 0.4) is 0 Å². The Morgan fingerprint density at radius 1 is 1.24 bits per heavy atom. The van der Waals surface area contributed by atoms with Crippen LogP contribution >= 0.6 is 25.3 Å². The van der Waals surface area contributed by atoms with Crippen LogP contribution in [0, 0.1) is 0 Å². The van der Waals surface area contributed by atoms with Crippen LogP contribution in [-0.2, 0) is 0 Å². The molecular weight excluding hydrogens is 300 g/mol. The largest absolute Gasteiger partial charge is 0.397 e.